The number of nitrogens with one attached hydrogen (secondary N) is 2. The van der Waals surface area contributed by atoms with Crippen LogP contribution in [0.15, 0.2) is 67.0 Å². The first-order valence-electron chi connectivity index (χ1n) is 9.29. The van der Waals surface area contributed by atoms with Crippen molar-refractivity contribution in [1.29, 1.82) is 0 Å². The van der Waals surface area contributed by atoms with Gasteiger partial charge in [-0.25, -0.2) is 0 Å². The number of amides is 1. The third-order valence-electron chi connectivity index (χ3n) is 4.41. The van der Waals surface area contributed by atoms with E-state index in [1.54, 1.807) is 31.5 Å². The lowest BCUT2D eigenvalue weighted by atomic mass is 10.1. The number of carbonyl (C=O) groups excluding carboxylic acids is 2. The third kappa shape index (κ3) is 5.65. The van der Waals surface area contributed by atoms with E-state index < -0.39 is 0 Å². The van der Waals surface area contributed by atoms with Gasteiger partial charge in [0.05, 0.1) is 24.6 Å². The lowest BCUT2D eigenvalue weighted by Gasteiger charge is -2.09. The van der Waals surface area contributed by atoms with Crippen molar-refractivity contribution >= 4 is 23.1 Å². The largest absolute Gasteiger partial charge is 0.497 e. The minimum atomic E-state index is -0.184. The van der Waals surface area contributed by atoms with Crippen LogP contribution >= 0.6 is 0 Å². The summed E-state index contributed by atoms with van der Waals surface area (Å²) in [5, 5.41) is 6.10. The number of carbonyl (C=O) groups is 2. The fraction of sp³-hybridized carbons (Fsp3) is 0.174. The molecule has 148 valence electrons. The quantitative estimate of drug-likeness (QED) is 0.569. The maximum atomic E-state index is 12.4. The molecule has 3 rings (SSSR count). The summed E-state index contributed by atoms with van der Waals surface area (Å²) in [6, 6.07) is 16.7. The molecule has 0 saturated heterocycles. The summed E-state index contributed by atoms with van der Waals surface area (Å²) in [6.45, 7) is 2.04. The Hall–Kier alpha value is -3.67. The highest BCUT2D eigenvalue weighted by Gasteiger charge is 2.07. The van der Waals surface area contributed by atoms with Gasteiger partial charge in [-0.05, 0) is 61.4 Å². The molecule has 0 saturated carbocycles. The second-order valence-corrected chi connectivity index (χ2v) is 6.58. The first-order chi connectivity index (χ1) is 14.0. The number of pyridine rings is 1. The molecule has 1 heterocycles. The first-order valence-corrected chi connectivity index (χ1v) is 9.29. The monoisotopic (exact) mass is 389 g/mol. The number of hydrogen-bond donors (Lipinski definition) is 2. The molecule has 0 radical (unpaired) electrons. The van der Waals surface area contributed by atoms with E-state index in [2.05, 4.69) is 15.6 Å². The Morgan fingerprint density at radius 3 is 2.48 bits per heavy atom. The topological polar surface area (TPSA) is 80.3 Å². The minimum Gasteiger partial charge on any atom is -0.497 e. The molecule has 0 aliphatic carbocycles. The van der Waals surface area contributed by atoms with Crippen molar-refractivity contribution < 1.29 is 14.3 Å². The van der Waals surface area contributed by atoms with Crippen LogP contribution in [-0.2, 0) is 6.42 Å². The molecule has 0 unspecified atom stereocenters. The summed E-state index contributed by atoms with van der Waals surface area (Å²) in [5.74, 6) is 0.634. The minimum absolute atomic E-state index is 0.0193. The third-order valence-corrected chi connectivity index (χ3v) is 4.41. The number of hydrogen-bond acceptors (Lipinski definition) is 5. The van der Waals surface area contributed by atoms with Crippen molar-refractivity contribution in [1.82, 2.24) is 10.3 Å². The molecule has 1 aromatic heterocycles. The molecule has 6 nitrogen and oxygen atoms in total. The summed E-state index contributed by atoms with van der Waals surface area (Å²) in [7, 11) is 1.63. The fourth-order valence-electron chi connectivity index (χ4n) is 2.84. The Labute approximate surface area is 169 Å². The Kier molecular flexibility index (Phi) is 6.58. The molecule has 6 heteroatoms. The van der Waals surface area contributed by atoms with Crippen molar-refractivity contribution in [2.24, 2.45) is 0 Å². The van der Waals surface area contributed by atoms with Crippen molar-refractivity contribution in [2.75, 3.05) is 19.0 Å². The summed E-state index contributed by atoms with van der Waals surface area (Å²) in [5.41, 5.74) is 3.72. The van der Waals surface area contributed by atoms with Gasteiger partial charge < -0.3 is 15.4 Å². The molecule has 0 fully saturated rings. The second kappa shape index (κ2) is 9.50. The van der Waals surface area contributed by atoms with E-state index in [0.717, 1.165) is 17.0 Å². The van der Waals surface area contributed by atoms with Crippen LogP contribution in [0, 0.1) is 0 Å². The van der Waals surface area contributed by atoms with Gasteiger partial charge in [0.1, 0.15) is 5.75 Å². The maximum Gasteiger partial charge on any atom is 0.252 e. The zero-order chi connectivity index (χ0) is 20.6. The van der Waals surface area contributed by atoms with Gasteiger partial charge in [-0.2, -0.15) is 0 Å². The van der Waals surface area contributed by atoms with Gasteiger partial charge in [-0.3, -0.25) is 14.6 Å². The van der Waals surface area contributed by atoms with Crippen LogP contribution in [0.25, 0.3) is 0 Å². The lowest BCUT2D eigenvalue weighted by Crippen LogP contribution is -2.25. The SMILES string of the molecule is COc1cccc(CCNC(=O)c2cncc(Nc3ccc(C(C)=O)cc3)c2)c1. The number of nitrogens with zero attached hydrogens (tertiary/aromatic N) is 1. The average Bonchev–Trinajstić information content (AvgIpc) is 2.74. The first kappa shape index (κ1) is 20.1. The van der Waals surface area contributed by atoms with Crippen LogP contribution in [0.1, 0.15) is 33.2 Å². The van der Waals surface area contributed by atoms with Crippen molar-refractivity contribution in [2.45, 2.75) is 13.3 Å². The van der Waals surface area contributed by atoms with E-state index in [4.69, 9.17) is 4.74 Å². The molecule has 3 aromatic rings. The van der Waals surface area contributed by atoms with Gasteiger partial charge in [0, 0.05) is 24.0 Å². The Balaban J connectivity index is 1.57. The highest BCUT2D eigenvalue weighted by Crippen LogP contribution is 2.18. The predicted octanol–water partition coefficient (Wildman–Crippen LogP) is 4.01. The molecule has 0 bridgehead atoms. The van der Waals surface area contributed by atoms with Gasteiger partial charge in [0.2, 0.25) is 0 Å². The van der Waals surface area contributed by atoms with Crippen molar-refractivity contribution in [3.05, 3.63) is 83.7 Å². The predicted molar refractivity (Wildman–Crippen MR) is 113 cm³/mol. The molecular formula is C23H23N3O3. The van der Waals surface area contributed by atoms with Crippen LogP contribution in [-0.4, -0.2) is 30.3 Å². The van der Waals surface area contributed by atoms with Crippen LogP contribution in [0.5, 0.6) is 5.75 Å². The summed E-state index contributed by atoms with van der Waals surface area (Å²) < 4.78 is 5.21. The molecule has 0 atom stereocenters. The zero-order valence-electron chi connectivity index (χ0n) is 16.4. The van der Waals surface area contributed by atoms with Gasteiger partial charge in [0.15, 0.2) is 5.78 Å². The lowest BCUT2D eigenvalue weighted by molar-refractivity contribution is 0.0952. The van der Waals surface area contributed by atoms with Crippen LogP contribution in [0.4, 0.5) is 11.4 Å². The molecule has 29 heavy (non-hydrogen) atoms. The molecule has 2 N–H and O–H groups in total. The fourth-order valence-corrected chi connectivity index (χ4v) is 2.84. The Bertz CT molecular complexity index is 1000. The van der Waals surface area contributed by atoms with E-state index in [1.165, 1.54) is 13.1 Å². The number of Topliss-reactive ketones (excluding diaryl/α,β-unsaturated/α-hetero) is 1. The number of rotatable bonds is 8. The number of ketones is 1. The maximum absolute atomic E-state index is 12.4. The van der Waals surface area contributed by atoms with E-state index in [-0.39, 0.29) is 11.7 Å². The highest BCUT2D eigenvalue weighted by atomic mass is 16.5. The highest BCUT2D eigenvalue weighted by molar-refractivity contribution is 5.95. The number of methoxy groups -OCH3 is 1. The zero-order valence-corrected chi connectivity index (χ0v) is 16.4. The summed E-state index contributed by atoms with van der Waals surface area (Å²) in [4.78, 5) is 27.9. The van der Waals surface area contributed by atoms with Gasteiger partial charge in [-0.15, -0.1) is 0 Å². The Morgan fingerprint density at radius 1 is 0.966 bits per heavy atom. The summed E-state index contributed by atoms with van der Waals surface area (Å²) >= 11 is 0. The number of ether oxygens (including phenoxy) is 1. The molecule has 0 aliphatic heterocycles. The normalized spacial score (nSPS) is 10.3. The van der Waals surface area contributed by atoms with Crippen LogP contribution < -0.4 is 15.4 Å². The van der Waals surface area contributed by atoms with E-state index >= 15 is 0 Å². The van der Waals surface area contributed by atoms with Crippen LogP contribution in [0.2, 0.25) is 0 Å². The summed E-state index contributed by atoms with van der Waals surface area (Å²) in [6.07, 6.45) is 3.88. The standard InChI is InChI=1S/C23H23N3O3/c1-16(27)18-6-8-20(9-7-18)26-21-13-19(14-24-15-21)23(28)25-11-10-17-4-3-5-22(12-17)29-2/h3-9,12-15,26H,10-11H2,1-2H3,(H,25,28). The van der Waals surface area contributed by atoms with E-state index in [0.29, 0.717) is 29.8 Å². The molecule has 1 amide bonds. The number of aromatic nitrogens is 1. The van der Waals surface area contributed by atoms with Gasteiger partial charge >= 0.3 is 0 Å². The number of benzene rings is 2. The molecule has 0 aliphatic rings. The molecular weight excluding hydrogens is 366 g/mol. The smallest absolute Gasteiger partial charge is 0.252 e. The molecule has 2 aromatic carbocycles. The second-order valence-electron chi connectivity index (χ2n) is 6.58. The van der Waals surface area contributed by atoms with Gasteiger partial charge in [0.25, 0.3) is 5.91 Å². The molecule has 0 spiro atoms. The number of anilines is 2. The van der Waals surface area contributed by atoms with E-state index in [9.17, 15) is 9.59 Å². The van der Waals surface area contributed by atoms with Crippen LogP contribution in [0.3, 0.4) is 0 Å². The van der Waals surface area contributed by atoms with E-state index in [1.807, 2.05) is 36.4 Å². The average molecular weight is 389 g/mol. The van der Waals surface area contributed by atoms with Crippen molar-refractivity contribution in [3.8, 4) is 5.75 Å². The van der Waals surface area contributed by atoms with Crippen molar-refractivity contribution in [3.63, 3.8) is 0 Å². The Morgan fingerprint density at radius 2 is 1.76 bits per heavy atom. The van der Waals surface area contributed by atoms with Gasteiger partial charge in [-0.1, -0.05) is 12.1 Å².